The van der Waals surface area contributed by atoms with Crippen molar-refractivity contribution in [1.82, 2.24) is 0 Å². The second kappa shape index (κ2) is 19.5. The zero-order valence-corrected chi connectivity index (χ0v) is 33.1. The van der Waals surface area contributed by atoms with E-state index in [4.69, 9.17) is 28.1 Å². The summed E-state index contributed by atoms with van der Waals surface area (Å²) in [5.41, 5.74) is 3.68. The Morgan fingerprint density at radius 1 is 1.04 bits per heavy atom. The number of aldehydes is 1. The van der Waals surface area contributed by atoms with Gasteiger partial charge in [0, 0.05) is 6.42 Å². The molecule has 6 atom stereocenters. The fourth-order valence-corrected chi connectivity index (χ4v) is 13.3. The van der Waals surface area contributed by atoms with Crippen molar-refractivity contribution in [1.29, 1.82) is 0 Å². The molecule has 0 aromatic heterocycles. The first kappa shape index (κ1) is 41.3. The molecular weight excluding hydrogens is 633 g/mol. The Kier molecular flexibility index (Phi) is 16.5. The standard InChI is InChI=1S/C41H66O7Si/c1-29(2)49(30(3)4,31(5)6)48-38(26-33(8)24-32(7)25-37-15-12-14-36(46-37)22-23-42)16-13-17-39(40-28-45-41(9,10)47-40)44-27-34-18-20-35(43-11)21-19-34/h12-14,16,18-21,23,29-32,36-40H,8,15,17,22,24-28H2,1-7,9-11H3/t32-,36-,37-,38?,39+,40-/m0/s1. The van der Waals surface area contributed by atoms with Gasteiger partial charge >= 0.3 is 0 Å². The number of carbonyl (C=O) groups is 1. The van der Waals surface area contributed by atoms with Crippen molar-refractivity contribution in [3.63, 3.8) is 0 Å². The van der Waals surface area contributed by atoms with Crippen LogP contribution >= 0.6 is 0 Å². The molecule has 2 heterocycles. The topological polar surface area (TPSA) is 72.5 Å². The maximum Gasteiger partial charge on any atom is 0.201 e. The monoisotopic (exact) mass is 698 g/mol. The normalized spacial score (nSPS) is 23.0. The number of ether oxygens (including phenoxy) is 5. The van der Waals surface area contributed by atoms with Crippen LogP contribution in [0.25, 0.3) is 0 Å². The second-order valence-corrected chi connectivity index (χ2v) is 21.0. The molecule has 0 radical (unpaired) electrons. The maximum atomic E-state index is 11.0. The van der Waals surface area contributed by atoms with Crippen LogP contribution in [0.1, 0.15) is 106 Å². The van der Waals surface area contributed by atoms with Gasteiger partial charge in [0.05, 0.1) is 44.7 Å². The Morgan fingerprint density at radius 3 is 2.29 bits per heavy atom. The van der Waals surface area contributed by atoms with Crippen LogP contribution in [0.3, 0.4) is 0 Å². The summed E-state index contributed by atoms with van der Waals surface area (Å²) in [7, 11) is -0.498. The molecule has 0 bridgehead atoms. The first-order valence-corrected chi connectivity index (χ1v) is 20.7. The molecule has 1 unspecified atom stereocenters. The lowest BCUT2D eigenvalue weighted by molar-refractivity contribution is -0.157. The van der Waals surface area contributed by atoms with Gasteiger partial charge in [0.2, 0.25) is 8.32 Å². The van der Waals surface area contributed by atoms with Gasteiger partial charge in [-0.05, 0) is 86.2 Å². The molecule has 1 fully saturated rings. The minimum absolute atomic E-state index is 0.0798. The van der Waals surface area contributed by atoms with Crippen molar-refractivity contribution in [2.24, 2.45) is 5.92 Å². The third-order valence-electron chi connectivity index (χ3n) is 10.1. The largest absolute Gasteiger partial charge is 0.497 e. The number of benzene rings is 1. The van der Waals surface area contributed by atoms with Crippen molar-refractivity contribution in [3.8, 4) is 5.75 Å². The molecule has 1 aromatic carbocycles. The van der Waals surface area contributed by atoms with Crippen LogP contribution in [0.15, 0.2) is 60.7 Å². The van der Waals surface area contributed by atoms with Crippen LogP contribution in [-0.2, 0) is 34.8 Å². The van der Waals surface area contributed by atoms with E-state index in [9.17, 15) is 4.79 Å². The molecule has 49 heavy (non-hydrogen) atoms. The van der Waals surface area contributed by atoms with Gasteiger partial charge < -0.3 is 32.9 Å². The quantitative estimate of drug-likeness (QED) is 0.0719. The average molecular weight is 699 g/mol. The van der Waals surface area contributed by atoms with Gasteiger partial charge in [-0.25, -0.2) is 0 Å². The van der Waals surface area contributed by atoms with Crippen LogP contribution in [0.4, 0.5) is 0 Å². The molecule has 1 aromatic rings. The van der Waals surface area contributed by atoms with E-state index in [1.807, 2.05) is 44.2 Å². The van der Waals surface area contributed by atoms with Gasteiger partial charge in [-0.3, -0.25) is 0 Å². The smallest absolute Gasteiger partial charge is 0.201 e. The molecule has 0 saturated carbocycles. The highest BCUT2D eigenvalue weighted by atomic mass is 28.4. The summed E-state index contributed by atoms with van der Waals surface area (Å²) < 4.78 is 37.6. The minimum Gasteiger partial charge on any atom is -0.497 e. The van der Waals surface area contributed by atoms with Gasteiger partial charge in [-0.15, -0.1) is 0 Å². The molecule has 7 nitrogen and oxygen atoms in total. The molecule has 8 heteroatoms. The lowest BCUT2D eigenvalue weighted by Gasteiger charge is -2.44. The molecule has 0 amide bonds. The van der Waals surface area contributed by atoms with Gasteiger partial charge in [0.15, 0.2) is 5.79 Å². The molecule has 2 aliphatic rings. The van der Waals surface area contributed by atoms with E-state index in [0.717, 1.165) is 43.3 Å². The second-order valence-electron chi connectivity index (χ2n) is 15.6. The highest BCUT2D eigenvalue weighted by Crippen LogP contribution is 2.44. The SMILES string of the molecule is C=C(CC(C=CC[C@@H](OCc1ccc(OC)cc1)[C@@H]1COC(C)(C)O1)O[Si](C(C)C)(C(C)C)C(C)C)C[C@H](C)C[C@@H]1CC=C[C@@H](CC=O)O1. The van der Waals surface area contributed by atoms with Crippen LogP contribution in [0.2, 0.25) is 16.6 Å². The minimum atomic E-state index is -2.17. The summed E-state index contributed by atoms with van der Waals surface area (Å²) in [5, 5.41) is 0. The van der Waals surface area contributed by atoms with Crippen molar-refractivity contribution in [3.05, 3.63) is 66.3 Å². The zero-order chi connectivity index (χ0) is 36.2. The Morgan fingerprint density at radius 2 is 1.71 bits per heavy atom. The highest BCUT2D eigenvalue weighted by molar-refractivity contribution is 6.77. The third kappa shape index (κ3) is 12.6. The maximum absolute atomic E-state index is 11.0. The summed E-state index contributed by atoms with van der Waals surface area (Å²) >= 11 is 0. The van der Waals surface area contributed by atoms with Gasteiger partial charge in [-0.2, -0.15) is 0 Å². The van der Waals surface area contributed by atoms with E-state index >= 15 is 0 Å². The van der Waals surface area contributed by atoms with Crippen LogP contribution in [0, 0.1) is 5.92 Å². The molecule has 0 spiro atoms. The van der Waals surface area contributed by atoms with E-state index < -0.39 is 14.1 Å². The predicted molar refractivity (Wildman–Crippen MR) is 201 cm³/mol. The van der Waals surface area contributed by atoms with E-state index in [2.05, 4.69) is 73.3 Å². The van der Waals surface area contributed by atoms with Crippen LogP contribution < -0.4 is 4.74 Å². The molecule has 276 valence electrons. The molecule has 0 aliphatic carbocycles. The first-order chi connectivity index (χ1) is 23.2. The van der Waals surface area contributed by atoms with E-state index in [1.54, 1.807) is 7.11 Å². The van der Waals surface area contributed by atoms with Crippen LogP contribution in [-0.4, -0.2) is 64.6 Å². The van der Waals surface area contributed by atoms with E-state index in [1.165, 1.54) is 5.57 Å². The lowest BCUT2D eigenvalue weighted by atomic mass is 9.91. The molecule has 3 rings (SSSR count). The van der Waals surface area contributed by atoms with Crippen molar-refractivity contribution < 1.29 is 32.9 Å². The summed E-state index contributed by atoms with van der Waals surface area (Å²) in [6.07, 6.45) is 13.8. The number of hydrogen-bond acceptors (Lipinski definition) is 7. The molecule has 2 aliphatic heterocycles. The average Bonchev–Trinajstić information content (AvgIpc) is 3.40. The Hall–Kier alpha value is -2.07. The summed E-state index contributed by atoms with van der Waals surface area (Å²) in [5.74, 6) is 0.596. The summed E-state index contributed by atoms with van der Waals surface area (Å²) in [6.45, 7) is 25.7. The molecule has 1 saturated heterocycles. The Bertz CT molecular complexity index is 1180. The van der Waals surface area contributed by atoms with E-state index in [-0.39, 0.29) is 30.5 Å². The first-order valence-electron chi connectivity index (χ1n) is 18.5. The van der Waals surface area contributed by atoms with Gasteiger partial charge in [0.1, 0.15) is 18.1 Å². The molecular formula is C41H66O7Si. The molecule has 0 N–H and O–H groups in total. The number of hydrogen-bond donors (Lipinski definition) is 0. The number of carbonyl (C=O) groups excluding carboxylic acids is 1. The van der Waals surface area contributed by atoms with E-state index in [0.29, 0.717) is 48.6 Å². The van der Waals surface area contributed by atoms with Crippen molar-refractivity contribution >= 4 is 14.6 Å². The number of methoxy groups -OCH3 is 1. The fourth-order valence-electron chi connectivity index (χ4n) is 7.84. The van der Waals surface area contributed by atoms with Gasteiger partial charge in [0.25, 0.3) is 0 Å². The summed E-state index contributed by atoms with van der Waals surface area (Å²) in [6, 6.07) is 7.98. The zero-order valence-electron chi connectivity index (χ0n) is 32.1. The third-order valence-corrected chi connectivity index (χ3v) is 16.2. The number of rotatable bonds is 21. The lowest BCUT2D eigenvalue weighted by Crippen LogP contribution is -2.50. The Balaban J connectivity index is 1.76. The van der Waals surface area contributed by atoms with Crippen molar-refractivity contribution in [2.75, 3.05) is 13.7 Å². The summed E-state index contributed by atoms with van der Waals surface area (Å²) in [4.78, 5) is 11.0. The Labute approximate surface area is 298 Å². The predicted octanol–water partition coefficient (Wildman–Crippen LogP) is 9.90. The fraction of sp³-hybridized carbons (Fsp3) is 0.683. The highest BCUT2D eigenvalue weighted by Gasteiger charge is 2.46. The van der Waals surface area contributed by atoms with Crippen molar-refractivity contribution in [2.45, 2.75) is 160 Å². The van der Waals surface area contributed by atoms with Crippen LogP contribution in [0.5, 0.6) is 5.75 Å². The van der Waals surface area contributed by atoms with Gasteiger partial charge in [-0.1, -0.05) is 97.1 Å².